The van der Waals surface area contributed by atoms with E-state index >= 15 is 0 Å². The van der Waals surface area contributed by atoms with E-state index < -0.39 is 0 Å². The summed E-state index contributed by atoms with van der Waals surface area (Å²) < 4.78 is 25.8. The van der Waals surface area contributed by atoms with Crippen LogP contribution in [0.5, 0.6) is 0 Å². The van der Waals surface area contributed by atoms with Crippen molar-refractivity contribution in [1.29, 1.82) is 0 Å². The van der Waals surface area contributed by atoms with E-state index in [4.69, 9.17) is 24.1 Å². The van der Waals surface area contributed by atoms with Gasteiger partial charge in [-0.1, -0.05) is 13.0 Å². The molecule has 0 radical (unpaired) electrons. The summed E-state index contributed by atoms with van der Waals surface area (Å²) in [5.41, 5.74) is 0.870. The van der Waals surface area contributed by atoms with E-state index in [0.717, 1.165) is 5.57 Å². The zero-order valence-electron chi connectivity index (χ0n) is 16.0. The third kappa shape index (κ3) is 16.4. The minimum absolute atomic E-state index is 0.0199. The van der Waals surface area contributed by atoms with Crippen LogP contribution in [0.4, 0.5) is 0 Å². The van der Waals surface area contributed by atoms with E-state index in [2.05, 4.69) is 4.74 Å². The molecule has 26 heavy (non-hydrogen) atoms. The number of rotatable bonds is 18. The van der Waals surface area contributed by atoms with Gasteiger partial charge in [-0.15, -0.1) is 0 Å². The summed E-state index contributed by atoms with van der Waals surface area (Å²) in [5, 5.41) is 18.2. The van der Waals surface area contributed by atoms with E-state index in [1.165, 1.54) is 7.11 Å². The molecule has 0 heterocycles. The summed E-state index contributed by atoms with van der Waals surface area (Å²) >= 11 is 0. The molecule has 0 spiro atoms. The Hall–Kier alpha value is -1.03. The van der Waals surface area contributed by atoms with Crippen molar-refractivity contribution >= 4 is 5.97 Å². The fourth-order valence-electron chi connectivity index (χ4n) is 1.90. The molecule has 0 bridgehead atoms. The summed E-state index contributed by atoms with van der Waals surface area (Å²) in [4.78, 5) is 10.8. The summed E-state index contributed by atoms with van der Waals surface area (Å²) in [7, 11) is 1.35. The molecule has 2 N–H and O–H groups in total. The summed E-state index contributed by atoms with van der Waals surface area (Å²) in [5.74, 6) is -0.153. The molecule has 0 aromatic carbocycles. The van der Waals surface area contributed by atoms with Gasteiger partial charge in [-0.3, -0.25) is 4.79 Å². The molecule has 0 aliphatic heterocycles. The van der Waals surface area contributed by atoms with Crippen molar-refractivity contribution < 1.29 is 38.7 Å². The smallest absolute Gasteiger partial charge is 0.307 e. The lowest BCUT2D eigenvalue weighted by atomic mass is 10.0. The highest BCUT2D eigenvalue weighted by atomic mass is 16.6. The molecule has 1 atom stereocenters. The molecular formula is C18H34O8. The molecule has 0 rings (SSSR count). The number of aliphatic hydroxyl groups is 2. The Morgan fingerprint density at radius 3 is 1.96 bits per heavy atom. The largest absolute Gasteiger partial charge is 0.469 e. The minimum atomic E-state index is -0.288. The van der Waals surface area contributed by atoms with Crippen molar-refractivity contribution in [3.05, 3.63) is 11.6 Å². The fraction of sp³-hybridized carbons (Fsp3) is 0.833. The second-order valence-electron chi connectivity index (χ2n) is 5.75. The Bertz CT molecular complexity index is 359. The van der Waals surface area contributed by atoms with Crippen LogP contribution in [0.2, 0.25) is 0 Å². The first-order valence-electron chi connectivity index (χ1n) is 8.91. The van der Waals surface area contributed by atoms with E-state index in [-0.39, 0.29) is 31.5 Å². The van der Waals surface area contributed by atoms with E-state index in [9.17, 15) is 9.90 Å². The highest BCUT2D eigenvalue weighted by Crippen LogP contribution is 2.09. The lowest BCUT2D eigenvalue weighted by Crippen LogP contribution is -2.13. The Morgan fingerprint density at radius 1 is 0.923 bits per heavy atom. The maximum Gasteiger partial charge on any atom is 0.307 e. The van der Waals surface area contributed by atoms with Gasteiger partial charge in [0.05, 0.1) is 73.0 Å². The predicted octanol–water partition coefficient (Wildman–Crippen LogP) is 0.553. The van der Waals surface area contributed by atoms with Gasteiger partial charge in [-0.05, 0) is 17.9 Å². The summed E-state index contributed by atoms with van der Waals surface area (Å²) in [6.07, 6.45) is 2.75. The molecule has 0 amide bonds. The van der Waals surface area contributed by atoms with Crippen molar-refractivity contribution in [3.8, 4) is 0 Å². The number of ether oxygens (including phenoxy) is 5. The van der Waals surface area contributed by atoms with Crippen molar-refractivity contribution in [3.63, 3.8) is 0 Å². The number of esters is 1. The Kier molecular flexibility index (Phi) is 18.0. The monoisotopic (exact) mass is 378 g/mol. The van der Waals surface area contributed by atoms with Crippen LogP contribution in [-0.4, -0.2) is 89.4 Å². The van der Waals surface area contributed by atoms with Crippen molar-refractivity contribution in [1.82, 2.24) is 0 Å². The van der Waals surface area contributed by atoms with Gasteiger partial charge in [-0.25, -0.2) is 0 Å². The van der Waals surface area contributed by atoms with Gasteiger partial charge in [0.2, 0.25) is 0 Å². The molecule has 0 aliphatic carbocycles. The lowest BCUT2D eigenvalue weighted by Gasteiger charge is -2.10. The standard InChI is InChI=1S/C18H34O8/c1-16(14-19)13-17(15-20)3-5-23-7-9-25-11-12-26-10-8-24-6-4-18(21)22-2/h3,16,19-20H,4-15H2,1-2H3/b17-3+/t16-/m1/s1. The van der Waals surface area contributed by atoms with Crippen molar-refractivity contribution in [2.45, 2.75) is 19.8 Å². The number of hydrogen-bond donors (Lipinski definition) is 2. The average Bonchev–Trinajstić information content (AvgIpc) is 2.66. The topological polar surface area (TPSA) is 104 Å². The van der Waals surface area contributed by atoms with Gasteiger partial charge >= 0.3 is 5.97 Å². The Morgan fingerprint density at radius 2 is 1.46 bits per heavy atom. The van der Waals surface area contributed by atoms with E-state index in [1.807, 2.05) is 13.0 Å². The van der Waals surface area contributed by atoms with Crippen LogP contribution in [0.15, 0.2) is 11.6 Å². The third-order valence-corrected chi connectivity index (χ3v) is 3.41. The average molecular weight is 378 g/mol. The van der Waals surface area contributed by atoms with Gasteiger partial charge in [0.1, 0.15) is 0 Å². The van der Waals surface area contributed by atoms with E-state index in [0.29, 0.717) is 59.3 Å². The molecule has 0 aromatic rings. The van der Waals surface area contributed by atoms with Crippen LogP contribution in [0.25, 0.3) is 0 Å². The van der Waals surface area contributed by atoms with Gasteiger partial charge in [-0.2, -0.15) is 0 Å². The normalized spacial score (nSPS) is 13.0. The first-order valence-corrected chi connectivity index (χ1v) is 8.91. The Labute approximate surface area is 156 Å². The van der Waals surface area contributed by atoms with Crippen LogP contribution in [0, 0.1) is 5.92 Å². The number of aliphatic hydroxyl groups excluding tert-OH is 2. The minimum Gasteiger partial charge on any atom is -0.469 e. The summed E-state index contributed by atoms with van der Waals surface area (Å²) in [6.45, 7) is 5.49. The van der Waals surface area contributed by atoms with Crippen LogP contribution >= 0.6 is 0 Å². The molecule has 0 aliphatic rings. The van der Waals surface area contributed by atoms with Crippen LogP contribution in [0.3, 0.4) is 0 Å². The van der Waals surface area contributed by atoms with Crippen molar-refractivity contribution in [2.24, 2.45) is 5.92 Å². The van der Waals surface area contributed by atoms with Crippen molar-refractivity contribution in [2.75, 3.05) is 73.2 Å². The predicted molar refractivity (Wildman–Crippen MR) is 95.9 cm³/mol. The van der Waals surface area contributed by atoms with Gasteiger partial charge in [0, 0.05) is 6.61 Å². The SMILES string of the molecule is COC(=O)CCOCCOCCOCCOC/C=C(/CO)C[C@@H](C)CO. The van der Waals surface area contributed by atoms with Crippen LogP contribution in [0.1, 0.15) is 19.8 Å². The maximum absolute atomic E-state index is 10.8. The highest BCUT2D eigenvalue weighted by molar-refractivity contribution is 5.69. The van der Waals surface area contributed by atoms with Gasteiger partial charge < -0.3 is 33.9 Å². The molecule has 0 fully saturated rings. The molecule has 0 saturated carbocycles. The van der Waals surface area contributed by atoms with Gasteiger partial charge in [0.25, 0.3) is 0 Å². The van der Waals surface area contributed by atoms with Crippen LogP contribution in [-0.2, 0) is 28.5 Å². The first-order chi connectivity index (χ1) is 12.6. The second kappa shape index (κ2) is 18.8. The molecule has 0 aromatic heterocycles. The van der Waals surface area contributed by atoms with Gasteiger partial charge in [0.15, 0.2) is 0 Å². The van der Waals surface area contributed by atoms with E-state index in [1.54, 1.807) is 0 Å². The molecule has 0 unspecified atom stereocenters. The number of hydrogen-bond acceptors (Lipinski definition) is 8. The maximum atomic E-state index is 10.8. The Balaban J connectivity index is 3.34. The van der Waals surface area contributed by atoms with Crippen LogP contribution < -0.4 is 0 Å². The number of carbonyl (C=O) groups excluding carboxylic acids is 1. The zero-order chi connectivity index (χ0) is 19.5. The molecule has 154 valence electrons. The molecular weight excluding hydrogens is 344 g/mol. The summed E-state index contributed by atoms with van der Waals surface area (Å²) in [6, 6.07) is 0. The number of carbonyl (C=O) groups is 1. The third-order valence-electron chi connectivity index (χ3n) is 3.41. The fourth-order valence-corrected chi connectivity index (χ4v) is 1.90. The first kappa shape index (κ1) is 25.0. The molecule has 0 saturated heterocycles. The quantitative estimate of drug-likeness (QED) is 0.202. The molecule has 8 nitrogen and oxygen atoms in total. The number of methoxy groups -OCH3 is 1. The molecule has 8 heteroatoms. The second-order valence-corrected chi connectivity index (χ2v) is 5.75. The highest BCUT2D eigenvalue weighted by Gasteiger charge is 2.03. The zero-order valence-corrected chi connectivity index (χ0v) is 16.0. The lowest BCUT2D eigenvalue weighted by molar-refractivity contribution is -0.141.